The second kappa shape index (κ2) is 6.57. The molecule has 0 aliphatic carbocycles. The van der Waals surface area contributed by atoms with Gasteiger partial charge in [-0.2, -0.15) is 0 Å². The number of amides is 1. The normalized spacial score (nSPS) is 10.7. The zero-order valence-electron chi connectivity index (χ0n) is 13.4. The minimum Gasteiger partial charge on any atom is -0.324 e. The quantitative estimate of drug-likeness (QED) is 0.382. The molecular weight excluding hydrogens is 334 g/mol. The molecule has 0 bridgehead atoms. The van der Waals surface area contributed by atoms with Crippen molar-refractivity contribution < 1.29 is 10.0 Å². The highest BCUT2D eigenvalue weighted by Crippen LogP contribution is 2.20. The lowest BCUT2D eigenvalue weighted by atomic mass is 10.2. The van der Waals surface area contributed by atoms with Gasteiger partial charge in [-0.15, -0.1) is 0 Å². The molecular formula is C17H13N7O2. The largest absolute Gasteiger partial charge is 0.324 e. The Hall–Kier alpha value is -3.85. The van der Waals surface area contributed by atoms with Gasteiger partial charge in [0.1, 0.15) is 0 Å². The average Bonchev–Trinajstić information content (AvgIpc) is 3.12. The van der Waals surface area contributed by atoms with Crippen molar-refractivity contribution in [2.75, 3.05) is 5.32 Å². The van der Waals surface area contributed by atoms with E-state index in [1.807, 2.05) is 16.7 Å². The van der Waals surface area contributed by atoms with Crippen LogP contribution in [0.4, 0.5) is 11.6 Å². The Morgan fingerprint density at radius 1 is 1.04 bits per heavy atom. The lowest BCUT2D eigenvalue weighted by Crippen LogP contribution is -2.18. The molecule has 3 aromatic heterocycles. The van der Waals surface area contributed by atoms with Gasteiger partial charge >= 0.3 is 0 Å². The summed E-state index contributed by atoms with van der Waals surface area (Å²) in [5, 5.41) is 11.7. The molecule has 3 N–H and O–H groups in total. The first-order chi connectivity index (χ1) is 12.7. The summed E-state index contributed by atoms with van der Waals surface area (Å²) in [6, 6.07) is 10.2. The molecule has 9 nitrogen and oxygen atoms in total. The third kappa shape index (κ3) is 2.94. The number of anilines is 2. The third-order valence-corrected chi connectivity index (χ3v) is 3.71. The molecule has 0 aliphatic rings. The number of nitrogens with one attached hydrogen (secondary N) is 2. The Morgan fingerprint density at radius 2 is 1.88 bits per heavy atom. The average molecular weight is 347 g/mol. The van der Waals surface area contributed by atoms with Crippen molar-refractivity contribution in [2.45, 2.75) is 0 Å². The molecule has 0 aliphatic heterocycles. The van der Waals surface area contributed by atoms with Crippen LogP contribution in [0.25, 0.3) is 17.2 Å². The van der Waals surface area contributed by atoms with Gasteiger partial charge in [-0.1, -0.05) is 0 Å². The van der Waals surface area contributed by atoms with Crippen LogP contribution in [0.2, 0.25) is 0 Å². The fraction of sp³-hybridized carbons (Fsp3) is 0. The molecule has 26 heavy (non-hydrogen) atoms. The zero-order chi connectivity index (χ0) is 17.9. The minimum absolute atomic E-state index is 0.339. The molecule has 3 heterocycles. The van der Waals surface area contributed by atoms with E-state index in [1.54, 1.807) is 54.4 Å². The number of fused-ring (bicyclic) bond motifs is 1. The van der Waals surface area contributed by atoms with Gasteiger partial charge in [0.25, 0.3) is 5.91 Å². The molecule has 128 valence electrons. The highest BCUT2D eigenvalue weighted by molar-refractivity contribution is 5.93. The standard InChI is InChI=1S/C17H13N7O2/c25-15(23-26)11-2-4-12(5-3-11)21-16-18-8-6-13(22-16)14-10-20-17-19-7-1-9-24(14)17/h1-10,26H,(H,23,25)(H,18,21,22). The van der Waals surface area contributed by atoms with E-state index in [0.29, 0.717) is 28.7 Å². The van der Waals surface area contributed by atoms with Gasteiger partial charge in [0.15, 0.2) is 0 Å². The number of hydrogen-bond donors (Lipinski definition) is 3. The molecule has 4 rings (SSSR count). The Labute approximate surface area is 147 Å². The van der Waals surface area contributed by atoms with Crippen LogP contribution >= 0.6 is 0 Å². The molecule has 0 radical (unpaired) electrons. The van der Waals surface area contributed by atoms with Crippen molar-refractivity contribution >= 4 is 23.3 Å². The van der Waals surface area contributed by atoms with E-state index < -0.39 is 5.91 Å². The van der Waals surface area contributed by atoms with Crippen LogP contribution in [0.15, 0.2) is 61.2 Å². The van der Waals surface area contributed by atoms with Crippen molar-refractivity contribution in [2.24, 2.45) is 0 Å². The Bertz CT molecular complexity index is 1080. The van der Waals surface area contributed by atoms with Crippen LogP contribution in [-0.2, 0) is 0 Å². The Balaban J connectivity index is 1.61. The predicted octanol–water partition coefficient (Wildman–Crippen LogP) is 2.05. The number of aromatic nitrogens is 5. The van der Waals surface area contributed by atoms with Gasteiger partial charge in [0, 0.05) is 29.8 Å². The highest BCUT2D eigenvalue weighted by atomic mass is 16.5. The lowest BCUT2D eigenvalue weighted by molar-refractivity contribution is 0.0706. The summed E-state index contributed by atoms with van der Waals surface area (Å²) >= 11 is 0. The maximum atomic E-state index is 11.3. The zero-order valence-corrected chi connectivity index (χ0v) is 13.4. The molecule has 9 heteroatoms. The Morgan fingerprint density at radius 3 is 2.69 bits per heavy atom. The summed E-state index contributed by atoms with van der Waals surface area (Å²) in [6.45, 7) is 0. The summed E-state index contributed by atoms with van der Waals surface area (Å²) < 4.78 is 1.84. The molecule has 0 saturated carbocycles. The second-order valence-corrected chi connectivity index (χ2v) is 5.34. The van der Waals surface area contributed by atoms with Crippen molar-refractivity contribution in [1.29, 1.82) is 0 Å². The van der Waals surface area contributed by atoms with Crippen LogP contribution in [-0.4, -0.2) is 35.5 Å². The number of hydroxylamine groups is 1. The van der Waals surface area contributed by atoms with E-state index in [9.17, 15) is 4.79 Å². The maximum absolute atomic E-state index is 11.3. The SMILES string of the molecule is O=C(NO)c1ccc(Nc2nccc(-c3cnc4ncccn34)n2)cc1. The molecule has 0 unspecified atom stereocenters. The molecule has 1 aromatic carbocycles. The fourth-order valence-electron chi connectivity index (χ4n) is 2.48. The number of hydrogen-bond acceptors (Lipinski definition) is 7. The number of rotatable bonds is 4. The smallest absolute Gasteiger partial charge is 0.274 e. The Kier molecular flexibility index (Phi) is 3.96. The van der Waals surface area contributed by atoms with Gasteiger partial charge in [0.05, 0.1) is 17.6 Å². The maximum Gasteiger partial charge on any atom is 0.274 e. The highest BCUT2D eigenvalue weighted by Gasteiger charge is 2.09. The minimum atomic E-state index is -0.573. The van der Waals surface area contributed by atoms with Crippen molar-refractivity contribution in [3.8, 4) is 11.4 Å². The lowest BCUT2D eigenvalue weighted by Gasteiger charge is -2.07. The number of imidazole rings is 1. The van der Waals surface area contributed by atoms with Gasteiger partial charge < -0.3 is 5.32 Å². The van der Waals surface area contributed by atoms with Gasteiger partial charge in [-0.3, -0.25) is 14.4 Å². The first kappa shape index (κ1) is 15.7. The van der Waals surface area contributed by atoms with Crippen molar-refractivity contribution in [1.82, 2.24) is 29.8 Å². The van der Waals surface area contributed by atoms with Crippen LogP contribution in [0.3, 0.4) is 0 Å². The van der Waals surface area contributed by atoms with E-state index >= 15 is 0 Å². The van der Waals surface area contributed by atoms with Crippen LogP contribution in [0.5, 0.6) is 0 Å². The van der Waals surface area contributed by atoms with Crippen LogP contribution in [0.1, 0.15) is 10.4 Å². The monoisotopic (exact) mass is 347 g/mol. The van der Waals surface area contributed by atoms with Crippen molar-refractivity contribution in [3.63, 3.8) is 0 Å². The van der Waals surface area contributed by atoms with Crippen molar-refractivity contribution in [3.05, 3.63) is 66.7 Å². The van der Waals surface area contributed by atoms with E-state index in [2.05, 4.69) is 25.3 Å². The van der Waals surface area contributed by atoms with E-state index in [4.69, 9.17) is 5.21 Å². The molecule has 0 saturated heterocycles. The van der Waals surface area contributed by atoms with Crippen LogP contribution < -0.4 is 10.8 Å². The fourth-order valence-corrected chi connectivity index (χ4v) is 2.48. The summed E-state index contributed by atoms with van der Waals surface area (Å²) in [4.78, 5) is 28.5. The summed E-state index contributed by atoms with van der Waals surface area (Å²) in [5.41, 5.74) is 4.13. The van der Waals surface area contributed by atoms with Gasteiger partial charge in [0.2, 0.25) is 11.7 Å². The third-order valence-electron chi connectivity index (χ3n) is 3.71. The second-order valence-electron chi connectivity index (χ2n) is 5.34. The van der Waals surface area contributed by atoms with E-state index in [0.717, 1.165) is 5.69 Å². The first-order valence-electron chi connectivity index (χ1n) is 7.67. The summed E-state index contributed by atoms with van der Waals surface area (Å²) in [6.07, 6.45) is 6.90. The predicted molar refractivity (Wildman–Crippen MR) is 93.0 cm³/mol. The van der Waals surface area contributed by atoms with E-state index in [-0.39, 0.29) is 0 Å². The summed E-state index contributed by atoms with van der Waals surface area (Å²) in [5.74, 6) is 0.421. The number of carbonyl (C=O) groups is 1. The molecule has 0 spiro atoms. The summed E-state index contributed by atoms with van der Waals surface area (Å²) in [7, 11) is 0. The molecule has 0 atom stereocenters. The van der Waals surface area contributed by atoms with E-state index in [1.165, 1.54) is 0 Å². The molecule has 0 fully saturated rings. The molecule has 4 aromatic rings. The number of nitrogens with zero attached hydrogens (tertiary/aromatic N) is 5. The first-order valence-corrected chi connectivity index (χ1v) is 7.67. The number of benzene rings is 1. The molecule has 1 amide bonds. The van der Waals surface area contributed by atoms with Gasteiger partial charge in [-0.05, 0) is 36.4 Å². The number of carbonyl (C=O) groups excluding carboxylic acids is 1. The van der Waals surface area contributed by atoms with Gasteiger partial charge in [-0.25, -0.2) is 25.4 Å². The topological polar surface area (TPSA) is 117 Å². The van der Waals surface area contributed by atoms with Crippen LogP contribution in [0, 0.1) is 0 Å².